The first-order chi connectivity index (χ1) is 7.67. The molecule has 16 heavy (non-hydrogen) atoms. The first kappa shape index (κ1) is 11.9. The highest BCUT2D eigenvalue weighted by atomic mass is 16.2. The molecule has 0 radical (unpaired) electrons. The van der Waals surface area contributed by atoms with E-state index in [1.54, 1.807) is 0 Å². The zero-order valence-electron chi connectivity index (χ0n) is 10.4. The second-order valence-corrected chi connectivity index (χ2v) is 5.59. The van der Waals surface area contributed by atoms with Gasteiger partial charge in [0.1, 0.15) is 0 Å². The minimum Gasteiger partial charge on any atom is -0.341 e. The normalized spacial score (nSPS) is 26.0. The van der Waals surface area contributed by atoms with E-state index < -0.39 is 0 Å². The molecule has 3 nitrogen and oxygen atoms in total. The molecule has 1 saturated carbocycles. The summed E-state index contributed by atoms with van der Waals surface area (Å²) >= 11 is 0. The third kappa shape index (κ3) is 2.24. The molecule has 1 heterocycles. The molecule has 3 heteroatoms. The molecule has 0 aromatic heterocycles. The van der Waals surface area contributed by atoms with Gasteiger partial charge in [0, 0.05) is 13.1 Å². The summed E-state index contributed by atoms with van der Waals surface area (Å²) in [5.41, 5.74) is 6.28. The maximum atomic E-state index is 12.0. The van der Waals surface area contributed by atoms with E-state index in [1.165, 1.54) is 38.5 Å². The molecule has 0 aromatic rings. The van der Waals surface area contributed by atoms with Crippen LogP contribution in [-0.2, 0) is 4.79 Å². The summed E-state index contributed by atoms with van der Waals surface area (Å²) in [6.07, 6.45) is 8.67. The fraction of sp³-hybridized carbons (Fsp3) is 0.923. The molecule has 1 amide bonds. The van der Waals surface area contributed by atoms with Crippen molar-refractivity contribution in [2.24, 2.45) is 11.1 Å². The maximum absolute atomic E-state index is 12.0. The molecule has 2 rings (SSSR count). The first-order valence-corrected chi connectivity index (χ1v) is 6.71. The van der Waals surface area contributed by atoms with Crippen molar-refractivity contribution in [1.29, 1.82) is 0 Å². The van der Waals surface area contributed by atoms with Crippen molar-refractivity contribution in [3.63, 3.8) is 0 Å². The van der Waals surface area contributed by atoms with E-state index in [9.17, 15) is 4.79 Å². The van der Waals surface area contributed by atoms with Crippen molar-refractivity contribution in [2.75, 3.05) is 13.1 Å². The largest absolute Gasteiger partial charge is 0.341 e. The van der Waals surface area contributed by atoms with E-state index in [4.69, 9.17) is 5.73 Å². The van der Waals surface area contributed by atoms with Crippen LogP contribution in [0.3, 0.4) is 0 Å². The van der Waals surface area contributed by atoms with Gasteiger partial charge in [-0.1, -0.05) is 26.2 Å². The van der Waals surface area contributed by atoms with Gasteiger partial charge in [-0.05, 0) is 31.1 Å². The van der Waals surface area contributed by atoms with Crippen LogP contribution in [0.4, 0.5) is 0 Å². The van der Waals surface area contributed by atoms with Gasteiger partial charge < -0.3 is 10.6 Å². The Morgan fingerprint density at radius 1 is 1.31 bits per heavy atom. The summed E-state index contributed by atoms with van der Waals surface area (Å²) in [5.74, 6) is 0.171. The van der Waals surface area contributed by atoms with Crippen molar-refractivity contribution in [1.82, 2.24) is 4.90 Å². The minimum absolute atomic E-state index is 0.171. The number of hydrogen-bond donors (Lipinski definition) is 1. The third-order valence-electron chi connectivity index (χ3n) is 4.42. The molecule has 1 atom stereocenters. The van der Waals surface area contributed by atoms with Crippen LogP contribution in [-0.4, -0.2) is 29.9 Å². The third-order valence-corrected chi connectivity index (χ3v) is 4.42. The van der Waals surface area contributed by atoms with E-state index in [0.29, 0.717) is 5.41 Å². The maximum Gasteiger partial charge on any atom is 0.239 e. The molecule has 2 N–H and O–H groups in total. The van der Waals surface area contributed by atoms with E-state index in [-0.39, 0.29) is 11.9 Å². The quantitative estimate of drug-likeness (QED) is 0.778. The number of nitrogens with two attached hydrogens (primary N) is 1. The Morgan fingerprint density at radius 3 is 2.62 bits per heavy atom. The van der Waals surface area contributed by atoms with Gasteiger partial charge in [0.25, 0.3) is 0 Å². The minimum atomic E-state index is -0.279. The van der Waals surface area contributed by atoms with Gasteiger partial charge in [-0.3, -0.25) is 4.79 Å². The lowest BCUT2D eigenvalue weighted by atomic mass is 9.73. The molecule has 1 aliphatic carbocycles. The predicted octanol–water partition coefficient (Wildman–Crippen LogP) is 1.91. The van der Waals surface area contributed by atoms with Crippen LogP contribution in [0.2, 0.25) is 0 Å². The van der Waals surface area contributed by atoms with E-state index >= 15 is 0 Å². The molecular weight excluding hydrogens is 200 g/mol. The van der Waals surface area contributed by atoms with Crippen LogP contribution in [0.5, 0.6) is 0 Å². The Labute approximate surface area is 98.4 Å². The Balaban J connectivity index is 1.94. The van der Waals surface area contributed by atoms with Gasteiger partial charge in [0.05, 0.1) is 6.04 Å². The van der Waals surface area contributed by atoms with Crippen molar-refractivity contribution in [3.8, 4) is 0 Å². The van der Waals surface area contributed by atoms with E-state index in [0.717, 1.165) is 19.5 Å². The highest BCUT2D eigenvalue weighted by Crippen LogP contribution is 2.43. The lowest BCUT2D eigenvalue weighted by molar-refractivity contribution is -0.132. The summed E-state index contributed by atoms with van der Waals surface area (Å²) in [5, 5.41) is 0. The molecular formula is C13H24N2O. The van der Waals surface area contributed by atoms with Crippen LogP contribution in [0, 0.1) is 5.41 Å². The van der Waals surface area contributed by atoms with Crippen molar-refractivity contribution < 1.29 is 4.79 Å². The van der Waals surface area contributed by atoms with Crippen molar-refractivity contribution in [2.45, 2.75) is 57.9 Å². The first-order valence-electron chi connectivity index (χ1n) is 6.71. The van der Waals surface area contributed by atoms with Crippen LogP contribution in [0.1, 0.15) is 51.9 Å². The number of likely N-dealkylation sites (tertiary alicyclic amines) is 1. The molecule has 0 bridgehead atoms. The average Bonchev–Trinajstić information content (AvgIpc) is 2.72. The Kier molecular flexibility index (Phi) is 3.53. The van der Waals surface area contributed by atoms with Gasteiger partial charge in [0.15, 0.2) is 0 Å². The Hall–Kier alpha value is -0.570. The Bertz CT molecular complexity index is 259. The fourth-order valence-electron chi connectivity index (χ4n) is 3.24. The predicted molar refractivity (Wildman–Crippen MR) is 65.0 cm³/mol. The van der Waals surface area contributed by atoms with Crippen LogP contribution in [0.25, 0.3) is 0 Å². The summed E-state index contributed by atoms with van der Waals surface area (Å²) in [6.45, 7) is 3.89. The molecule has 1 saturated heterocycles. The monoisotopic (exact) mass is 224 g/mol. The van der Waals surface area contributed by atoms with Gasteiger partial charge in [0.2, 0.25) is 5.91 Å². The SMILES string of the molecule is CC[C@H](N)C(=O)N1CCC2(CCCCC2)C1. The molecule has 1 aliphatic heterocycles. The molecule has 0 aromatic carbocycles. The molecule has 1 spiro atoms. The zero-order chi connectivity index (χ0) is 11.6. The van der Waals surface area contributed by atoms with Gasteiger partial charge >= 0.3 is 0 Å². The van der Waals surface area contributed by atoms with Crippen molar-refractivity contribution in [3.05, 3.63) is 0 Å². The fourth-order valence-corrected chi connectivity index (χ4v) is 3.24. The number of carbonyl (C=O) groups is 1. The summed E-state index contributed by atoms with van der Waals surface area (Å²) in [6, 6.07) is -0.279. The number of nitrogens with zero attached hydrogens (tertiary/aromatic N) is 1. The molecule has 0 unspecified atom stereocenters. The van der Waals surface area contributed by atoms with E-state index in [1.807, 2.05) is 11.8 Å². The van der Waals surface area contributed by atoms with Gasteiger partial charge in [-0.15, -0.1) is 0 Å². The van der Waals surface area contributed by atoms with Crippen LogP contribution < -0.4 is 5.73 Å². The highest BCUT2D eigenvalue weighted by Gasteiger charge is 2.40. The van der Waals surface area contributed by atoms with Crippen molar-refractivity contribution >= 4 is 5.91 Å². The van der Waals surface area contributed by atoms with E-state index in [2.05, 4.69) is 0 Å². The Morgan fingerprint density at radius 2 is 2.00 bits per heavy atom. The number of rotatable bonds is 2. The lowest BCUT2D eigenvalue weighted by Gasteiger charge is -2.33. The second-order valence-electron chi connectivity index (χ2n) is 5.59. The lowest BCUT2D eigenvalue weighted by Crippen LogP contribution is -2.43. The number of hydrogen-bond acceptors (Lipinski definition) is 2. The summed E-state index contributed by atoms with van der Waals surface area (Å²) in [4.78, 5) is 14.0. The summed E-state index contributed by atoms with van der Waals surface area (Å²) < 4.78 is 0. The van der Waals surface area contributed by atoms with Crippen LogP contribution >= 0.6 is 0 Å². The number of carbonyl (C=O) groups excluding carboxylic acids is 1. The molecule has 2 aliphatic rings. The summed E-state index contributed by atoms with van der Waals surface area (Å²) in [7, 11) is 0. The average molecular weight is 224 g/mol. The molecule has 2 fully saturated rings. The zero-order valence-corrected chi connectivity index (χ0v) is 10.4. The molecule has 92 valence electrons. The van der Waals surface area contributed by atoms with Gasteiger partial charge in [-0.2, -0.15) is 0 Å². The smallest absolute Gasteiger partial charge is 0.239 e. The van der Waals surface area contributed by atoms with Crippen LogP contribution in [0.15, 0.2) is 0 Å². The standard InChI is InChI=1S/C13H24N2O/c1-2-11(14)12(16)15-9-8-13(10-15)6-4-3-5-7-13/h11H,2-10,14H2,1H3/t11-/m0/s1. The second kappa shape index (κ2) is 4.74. The number of amides is 1. The topological polar surface area (TPSA) is 46.3 Å². The van der Waals surface area contributed by atoms with Gasteiger partial charge in [-0.25, -0.2) is 0 Å². The highest BCUT2D eigenvalue weighted by molar-refractivity contribution is 5.81.